The predicted octanol–water partition coefficient (Wildman–Crippen LogP) is 0.0303. The number of nitrogens with two attached hydrogens (primary N) is 1. The molecule has 0 bridgehead atoms. The van der Waals surface area contributed by atoms with Crippen molar-refractivity contribution in [3.8, 4) is 0 Å². The zero-order valence-corrected chi connectivity index (χ0v) is 9.48. The van der Waals surface area contributed by atoms with Gasteiger partial charge in [0.05, 0.1) is 6.54 Å². The Bertz CT molecular complexity index is 240. The van der Waals surface area contributed by atoms with Crippen LogP contribution >= 0.6 is 0 Å². The van der Waals surface area contributed by atoms with Crippen molar-refractivity contribution in [2.24, 2.45) is 5.73 Å². The Kier molecular flexibility index (Phi) is 3.26. The molecule has 2 aliphatic rings. The third kappa shape index (κ3) is 2.49. The average Bonchev–Trinajstić information content (AvgIpc) is 3.02. The first-order chi connectivity index (χ1) is 7.22. The second kappa shape index (κ2) is 4.49. The Balaban J connectivity index is 1.87. The maximum absolute atomic E-state index is 11.8. The molecule has 0 spiro atoms. The van der Waals surface area contributed by atoms with E-state index in [1.807, 2.05) is 0 Å². The molecule has 2 fully saturated rings. The average molecular weight is 211 g/mol. The van der Waals surface area contributed by atoms with Crippen LogP contribution in [0.2, 0.25) is 0 Å². The molecule has 1 atom stereocenters. The molecule has 2 rings (SSSR count). The first-order valence-corrected chi connectivity index (χ1v) is 5.96. The Morgan fingerprint density at radius 3 is 2.80 bits per heavy atom. The number of hydrogen-bond acceptors (Lipinski definition) is 3. The zero-order valence-electron chi connectivity index (χ0n) is 9.48. The van der Waals surface area contributed by atoms with Crippen molar-refractivity contribution in [3.63, 3.8) is 0 Å². The molecule has 86 valence electrons. The summed E-state index contributed by atoms with van der Waals surface area (Å²) in [6.45, 7) is 5.38. The predicted molar refractivity (Wildman–Crippen MR) is 59.4 cm³/mol. The number of carbonyl (C=O) groups is 1. The highest BCUT2D eigenvalue weighted by Gasteiger charge is 2.37. The molecule has 0 aromatic rings. The quantitative estimate of drug-likeness (QED) is 0.714. The molecule has 1 saturated carbocycles. The Morgan fingerprint density at radius 1 is 1.47 bits per heavy atom. The Morgan fingerprint density at radius 2 is 2.20 bits per heavy atom. The molecule has 1 unspecified atom stereocenters. The molecule has 1 heterocycles. The second-order valence-corrected chi connectivity index (χ2v) is 4.74. The van der Waals surface area contributed by atoms with Crippen LogP contribution in [0.1, 0.15) is 26.2 Å². The van der Waals surface area contributed by atoms with Gasteiger partial charge in [0.15, 0.2) is 0 Å². The van der Waals surface area contributed by atoms with Gasteiger partial charge in [0.1, 0.15) is 0 Å². The summed E-state index contributed by atoms with van der Waals surface area (Å²) in [7, 11) is 0. The molecule has 1 saturated heterocycles. The molecular weight excluding hydrogens is 190 g/mol. The van der Waals surface area contributed by atoms with Crippen LogP contribution < -0.4 is 5.73 Å². The van der Waals surface area contributed by atoms with Crippen LogP contribution in [0.15, 0.2) is 0 Å². The van der Waals surface area contributed by atoms with Gasteiger partial charge in [-0.3, -0.25) is 9.69 Å². The van der Waals surface area contributed by atoms with Gasteiger partial charge in [-0.1, -0.05) is 0 Å². The number of rotatable bonds is 4. The smallest absolute Gasteiger partial charge is 0.237 e. The van der Waals surface area contributed by atoms with Gasteiger partial charge < -0.3 is 10.6 Å². The molecule has 2 N–H and O–H groups in total. The van der Waals surface area contributed by atoms with E-state index in [2.05, 4.69) is 16.7 Å². The van der Waals surface area contributed by atoms with Crippen LogP contribution in [0.25, 0.3) is 0 Å². The van der Waals surface area contributed by atoms with Gasteiger partial charge in [-0.15, -0.1) is 0 Å². The van der Waals surface area contributed by atoms with Crippen LogP contribution in [-0.4, -0.2) is 54.0 Å². The molecule has 4 nitrogen and oxygen atoms in total. The van der Waals surface area contributed by atoms with E-state index in [0.29, 0.717) is 31.1 Å². The van der Waals surface area contributed by atoms with Gasteiger partial charge in [-0.2, -0.15) is 0 Å². The lowest BCUT2D eigenvalue weighted by Gasteiger charge is -2.39. The number of hydrogen-bond donors (Lipinski definition) is 1. The van der Waals surface area contributed by atoms with Crippen molar-refractivity contribution in [1.82, 2.24) is 9.80 Å². The lowest BCUT2D eigenvalue weighted by molar-refractivity contribution is -0.138. The van der Waals surface area contributed by atoms with Crippen LogP contribution in [-0.2, 0) is 4.79 Å². The standard InChI is InChI=1S/C11H21N3O/c1-9-7-14(10-3-4-10)11(15)8-13(9)6-2-5-12/h9-10H,2-8,12H2,1H3. The van der Waals surface area contributed by atoms with E-state index >= 15 is 0 Å². The van der Waals surface area contributed by atoms with Gasteiger partial charge in [-0.05, 0) is 32.7 Å². The highest BCUT2D eigenvalue weighted by molar-refractivity contribution is 5.79. The summed E-state index contributed by atoms with van der Waals surface area (Å²) >= 11 is 0. The van der Waals surface area contributed by atoms with Crippen molar-refractivity contribution < 1.29 is 4.79 Å². The summed E-state index contributed by atoms with van der Waals surface area (Å²) in [6, 6.07) is 1.06. The van der Waals surface area contributed by atoms with Gasteiger partial charge in [0, 0.05) is 25.2 Å². The number of nitrogens with zero attached hydrogens (tertiary/aromatic N) is 2. The van der Waals surface area contributed by atoms with Gasteiger partial charge in [0.2, 0.25) is 5.91 Å². The number of amides is 1. The second-order valence-electron chi connectivity index (χ2n) is 4.74. The maximum atomic E-state index is 11.8. The zero-order chi connectivity index (χ0) is 10.8. The van der Waals surface area contributed by atoms with E-state index in [4.69, 9.17) is 5.73 Å². The molecular formula is C11H21N3O. The summed E-state index contributed by atoms with van der Waals surface area (Å²) < 4.78 is 0. The summed E-state index contributed by atoms with van der Waals surface area (Å²) in [5.41, 5.74) is 5.49. The minimum atomic E-state index is 0.313. The minimum Gasteiger partial charge on any atom is -0.337 e. The highest BCUT2D eigenvalue weighted by atomic mass is 16.2. The summed E-state index contributed by atoms with van der Waals surface area (Å²) in [4.78, 5) is 16.2. The maximum Gasteiger partial charge on any atom is 0.237 e. The van der Waals surface area contributed by atoms with Crippen molar-refractivity contribution in [2.75, 3.05) is 26.2 Å². The topological polar surface area (TPSA) is 49.6 Å². The normalized spacial score (nSPS) is 28.5. The summed E-state index contributed by atoms with van der Waals surface area (Å²) in [5, 5.41) is 0. The minimum absolute atomic E-state index is 0.313. The van der Waals surface area contributed by atoms with E-state index in [0.717, 1.165) is 19.5 Å². The van der Waals surface area contributed by atoms with Crippen molar-refractivity contribution in [1.29, 1.82) is 0 Å². The van der Waals surface area contributed by atoms with E-state index in [1.54, 1.807) is 0 Å². The fourth-order valence-corrected chi connectivity index (χ4v) is 2.26. The molecule has 1 aliphatic heterocycles. The summed E-state index contributed by atoms with van der Waals surface area (Å²) in [6.07, 6.45) is 3.41. The largest absolute Gasteiger partial charge is 0.337 e. The third-order valence-corrected chi connectivity index (χ3v) is 3.38. The van der Waals surface area contributed by atoms with Gasteiger partial charge in [0.25, 0.3) is 0 Å². The Labute approximate surface area is 91.4 Å². The van der Waals surface area contributed by atoms with E-state index < -0.39 is 0 Å². The fourth-order valence-electron chi connectivity index (χ4n) is 2.26. The SMILES string of the molecule is CC1CN(C2CC2)C(=O)CN1CCCN. The highest BCUT2D eigenvalue weighted by Crippen LogP contribution is 2.29. The van der Waals surface area contributed by atoms with E-state index in [1.165, 1.54) is 12.8 Å². The molecule has 4 heteroatoms. The van der Waals surface area contributed by atoms with Crippen LogP contribution in [0.3, 0.4) is 0 Å². The summed E-state index contributed by atoms with van der Waals surface area (Å²) in [5.74, 6) is 0.313. The van der Waals surface area contributed by atoms with Gasteiger partial charge >= 0.3 is 0 Å². The van der Waals surface area contributed by atoms with Crippen molar-refractivity contribution >= 4 is 5.91 Å². The molecule has 0 aromatic carbocycles. The molecule has 0 radical (unpaired) electrons. The fraction of sp³-hybridized carbons (Fsp3) is 0.909. The first-order valence-electron chi connectivity index (χ1n) is 5.96. The van der Waals surface area contributed by atoms with E-state index in [9.17, 15) is 4.79 Å². The Hall–Kier alpha value is -0.610. The van der Waals surface area contributed by atoms with Gasteiger partial charge in [-0.25, -0.2) is 0 Å². The van der Waals surface area contributed by atoms with Crippen molar-refractivity contribution in [3.05, 3.63) is 0 Å². The lowest BCUT2D eigenvalue weighted by atomic mass is 10.1. The van der Waals surface area contributed by atoms with E-state index in [-0.39, 0.29) is 0 Å². The first kappa shape index (κ1) is 10.9. The van der Waals surface area contributed by atoms with Crippen LogP contribution in [0.5, 0.6) is 0 Å². The third-order valence-electron chi connectivity index (χ3n) is 3.38. The molecule has 15 heavy (non-hydrogen) atoms. The van der Waals surface area contributed by atoms with Crippen LogP contribution in [0.4, 0.5) is 0 Å². The lowest BCUT2D eigenvalue weighted by Crippen LogP contribution is -2.55. The molecule has 1 amide bonds. The van der Waals surface area contributed by atoms with Crippen molar-refractivity contribution in [2.45, 2.75) is 38.3 Å². The molecule has 0 aromatic heterocycles. The number of piperazine rings is 1. The molecule has 1 aliphatic carbocycles. The monoisotopic (exact) mass is 211 g/mol. The number of carbonyl (C=O) groups excluding carboxylic acids is 1. The van der Waals surface area contributed by atoms with Crippen LogP contribution in [0, 0.1) is 0 Å².